The summed E-state index contributed by atoms with van der Waals surface area (Å²) in [6, 6.07) is 10.8. The Bertz CT molecular complexity index is 852. The zero-order chi connectivity index (χ0) is 20.8. The summed E-state index contributed by atoms with van der Waals surface area (Å²) < 4.78 is 0. The molecule has 0 spiro atoms. The molecule has 1 heterocycles. The lowest BCUT2D eigenvalue weighted by Crippen LogP contribution is -2.36. The van der Waals surface area contributed by atoms with Crippen LogP contribution in [0.5, 0.6) is 0 Å². The fourth-order valence-electron chi connectivity index (χ4n) is 2.73. The monoisotopic (exact) mass is 402 g/mol. The van der Waals surface area contributed by atoms with E-state index in [-0.39, 0.29) is 11.8 Å². The first-order valence-corrected chi connectivity index (χ1v) is 9.44. The van der Waals surface area contributed by atoms with Crippen LogP contribution in [0.4, 0.5) is 0 Å². The highest BCUT2D eigenvalue weighted by molar-refractivity contribution is 6.30. The van der Waals surface area contributed by atoms with Gasteiger partial charge in [0.05, 0.1) is 11.3 Å². The summed E-state index contributed by atoms with van der Waals surface area (Å²) >= 11 is 6.09. The van der Waals surface area contributed by atoms with Crippen molar-refractivity contribution in [2.24, 2.45) is 0 Å². The second-order valence-corrected chi connectivity index (χ2v) is 7.63. The molecule has 6 nitrogen and oxygen atoms in total. The summed E-state index contributed by atoms with van der Waals surface area (Å²) in [5.41, 5.74) is 2.33. The van der Waals surface area contributed by atoms with Crippen LogP contribution in [0.3, 0.4) is 0 Å². The van der Waals surface area contributed by atoms with Crippen molar-refractivity contribution in [3.63, 3.8) is 0 Å². The second-order valence-electron chi connectivity index (χ2n) is 7.19. The van der Waals surface area contributed by atoms with Gasteiger partial charge in [0.2, 0.25) is 0 Å². The Morgan fingerprint density at radius 2 is 1.71 bits per heavy atom. The van der Waals surface area contributed by atoms with Crippen LogP contribution < -0.4 is 0 Å². The number of pyridine rings is 1. The van der Waals surface area contributed by atoms with Crippen LogP contribution in [0, 0.1) is 6.92 Å². The van der Waals surface area contributed by atoms with E-state index in [9.17, 15) is 9.59 Å². The van der Waals surface area contributed by atoms with Gasteiger partial charge >= 0.3 is 0 Å². The Morgan fingerprint density at radius 1 is 1.00 bits per heavy atom. The van der Waals surface area contributed by atoms with Gasteiger partial charge in [0.15, 0.2) is 0 Å². The number of benzene rings is 1. The number of halogens is 1. The molecule has 2 amide bonds. The maximum absolute atomic E-state index is 13.2. The lowest BCUT2D eigenvalue weighted by Gasteiger charge is -2.25. The molecule has 0 saturated carbocycles. The number of nitrogens with zero attached hydrogens (tertiary/aromatic N) is 4. The summed E-state index contributed by atoms with van der Waals surface area (Å²) in [6.07, 6.45) is 0. The molecule has 7 heteroatoms. The molecule has 2 rings (SSSR count). The average molecular weight is 403 g/mol. The molecule has 0 aliphatic heterocycles. The Hall–Kier alpha value is -2.44. The van der Waals surface area contributed by atoms with Crippen molar-refractivity contribution in [1.29, 1.82) is 0 Å². The molecule has 150 valence electrons. The van der Waals surface area contributed by atoms with Crippen molar-refractivity contribution < 1.29 is 9.59 Å². The third-order valence-corrected chi connectivity index (χ3v) is 4.54. The molecule has 0 radical (unpaired) electrons. The van der Waals surface area contributed by atoms with Crippen molar-refractivity contribution in [3.05, 3.63) is 63.9 Å². The van der Waals surface area contributed by atoms with Gasteiger partial charge in [0.1, 0.15) is 5.69 Å². The normalized spacial score (nSPS) is 10.8. The standard InChI is InChI=1S/C21H27ClN4O2/c1-15-18(9-10-19(23-15)21(28)25(4)5)20(27)26(12-11-24(2)3)14-16-7-6-8-17(22)13-16/h6-10,13H,11-12,14H2,1-5H3. The number of likely N-dealkylation sites (N-methyl/N-ethyl adjacent to an activating group) is 1. The van der Waals surface area contributed by atoms with Crippen molar-refractivity contribution in [3.8, 4) is 0 Å². The minimum atomic E-state index is -0.189. The predicted octanol–water partition coefficient (Wildman–Crippen LogP) is 2.95. The van der Waals surface area contributed by atoms with Crippen molar-refractivity contribution in [2.75, 3.05) is 41.3 Å². The van der Waals surface area contributed by atoms with E-state index >= 15 is 0 Å². The molecule has 0 aliphatic rings. The Labute approximate surface area is 171 Å². The zero-order valence-electron chi connectivity index (χ0n) is 17.1. The third kappa shape index (κ3) is 5.78. The summed E-state index contributed by atoms with van der Waals surface area (Å²) in [5, 5.41) is 0.641. The highest BCUT2D eigenvalue weighted by atomic mass is 35.5. The SMILES string of the molecule is Cc1nc(C(=O)N(C)C)ccc1C(=O)N(CCN(C)C)Cc1cccc(Cl)c1. The molecular weight excluding hydrogens is 376 g/mol. The van der Waals surface area contributed by atoms with E-state index < -0.39 is 0 Å². The Kier molecular flexibility index (Phi) is 7.54. The minimum absolute atomic E-state index is 0.115. The first-order valence-electron chi connectivity index (χ1n) is 9.06. The Morgan fingerprint density at radius 3 is 2.29 bits per heavy atom. The summed E-state index contributed by atoms with van der Waals surface area (Å²) in [7, 11) is 7.28. The zero-order valence-corrected chi connectivity index (χ0v) is 17.8. The number of amides is 2. The van der Waals surface area contributed by atoms with Crippen LogP contribution in [-0.2, 0) is 6.54 Å². The van der Waals surface area contributed by atoms with E-state index in [4.69, 9.17) is 11.6 Å². The van der Waals surface area contributed by atoms with Gasteiger partial charge in [0.25, 0.3) is 11.8 Å². The lowest BCUT2D eigenvalue weighted by molar-refractivity contribution is 0.0728. The van der Waals surface area contributed by atoms with Gasteiger partial charge in [-0.05, 0) is 50.8 Å². The number of aromatic nitrogens is 1. The van der Waals surface area contributed by atoms with Crippen LogP contribution >= 0.6 is 11.6 Å². The van der Waals surface area contributed by atoms with Gasteiger partial charge in [-0.25, -0.2) is 4.98 Å². The smallest absolute Gasteiger partial charge is 0.271 e. The molecule has 0 aliphatic carbocycles. The van der Waals surface area contributed by atoms with Gasteiger partial charge < -0.3 is 14.7 Å². The fraction of sp³-hybridized carbons (Fsp3) is 0.381. The number of rotatable bonds is 7. The lowest BCUT2D eigenvalue weighted by atomic mass is 10.1. The minimum Gasteiger partial charge on any atom is -0.343 e. The summed E-state index contributed by atoms with van der Waals surface area (Å²) in [5.74, 6) is -0.304. The number of hydrogen-bond acceptors (Lipinski definition) is 4. The van der Waals surface area contributed by atoms with Crippen LogP contribution in [0.15, 0.2) is 36.4 Å². The summed E-state index contributed by atoms with van der Waals surface area (Å²) in [6.45, 7) is 3.50. The number of carbonyl (C=O) groups is 2. The van der Waals surface area contributed by atoms with Crippen LogP contribution in [-0.4, -0.2) is 72.8 Å². The fourth-order valence-corrected chi connectivity index (χ4v) is 2.95. The molecule has 2 aromatic rings. The van der Waals surface area contributed by atoms with Crippen molar-refractivity contribution in [1.82, 2.24) is 19.7 Å². The Balaban J connectivity index is 2.29. The van der Waals surface area contributed by atoms with Crippen LogP contribution in [0.1, 0.15) is 32.1 Å². The van der Waals surface area contributed by atoms with E-state index in [0.717, 1.165) is 12.1 Å². The topological polar surface area (TPSA) is 56.8 Å². The molecule has 0 bridgehead atoms. The highest BCUT2D eigenvalue weighted by Crippen LogP contribution is 2.16. The summed E-state index contributed by atoms with van der Waals surface area (Å²) in [4.78, 5) is 35.0. The average Bonchev–Trinajstić information content (AvgIpc) is 2.63. The molecule has 0 N–H and O–H groups in total. The van der Waals surface area contributed by atoms with E-state index in [0.29, 0.717) is 35.1 Å². The van der Waals surface area contributed by atoms with Crippen molar-refractivity contribution >= 4 is 23.4 Å². The first-order chi connectivity index (χ1) is 13.2. The molecule has 1 aromatic heterocycles. The maximum atomic E-state index is 13.2. The quantitative estimate of drug-likeness (QED) is 0.714. The molecule has 0 fully saturated rings. The number of aryl methyl sites for hydroxylation is 1. The predicted molar refractivity (Wildman–Crippen MR) is 112 cm³/mol. The number of hydrogen-bond donors (Lipinski definition) is 0. The van der Waals surface area contributed by atoms with Crippen LogP contribution in [0.2, 0.25) is 5.02 Å². The second kappa shape index (κ2) is 9.66. The molecule has 0 atom stereocenters. The molecule has 28 heavy (non-hydrogen) atoms. The van der Waals surface area contributed by atoms with E-state index in [1.165, 1.54) is 4.90 Å². The molecule has 0 unspecified atom stereocenters. The van der Waals surface area contributed by atoms with Crippen LogP contribution in [0.25, 0.3) is 0 Å². The van der Waals surface area contributed by atoms with Gasteiger partial charge in [-0.1, -0.05) is 23.7 Å². The first kappa shape index (κ1) is 21.9. The molecular formula is C21H27ClN4O2. The number of carbonyl (C=O) groups excluding carboxylic acids is 2. The van der Waals surface area contributed by atoms with Gasteiger partial charge in [0, 0.05) is 38.8 Å². The van der Waals surface area contributed by atoms with E-state index in [1.807, 2.05) is 43.3 Å². The third-order valence-electron chi connectivity index (χ3n) is 4.31. The largest absolute Gasteiger partial charge is 0.343 e. The van der Waals surface area contributed by atoms with Crippen molar-refractivity contribution in [2.45, 2.75) is 13.5 Å². The van der Waals surface area contributed by atoms with E-state index in [2.05, 4.69) is 4.98 Å². The highest BCUT2D eigenvalue weighted by Gasteiger charge is 2.20. The van der Waals surface area contributed by atoms with Gasteiger partial charge in [-0.2, -0.15) is 0 Å². The van der Waals surface area contributed by atoms with Gasteiger partial charge in [-0.15, -0.1) is 0 Å². The van der Waals surface area contributed by atoms with Gasteiger partial charge in [-0.3, -0.25) is 9.59 Å². The molecule has 1 aromatic carbocycles. The molecule has 0 saturated heterocycles. The maximum Gasteiger partial charge on any atom is 0.271 e. The van der Waals surface area contributed by atoms with E-state index in [1.54, 1.807) is 38.1 Å².